The van der Waals surface area contributed by atoms with Crippen molar-refractivity contribution < 1.29 is 18.3 Å². The molecule has 1 heterocycles. The molecule has 0 N–H and O–H groups in total. The van der Waals surface area contributed by atoms with E-state index in [4.69, 9.17) is 4.74 Å². The van der Waals surface area contributed by atoms with Crippen LogP contribution in [0, 0.1) is 11.6 Å². The zero-order valence-electron chi connectivity index (χ0n) is 10.9. The average Bonchev–Trinajstić information content (AvgIpc) is 2.81. The number of ketones is 1. The molecular weight excluding hydrogens is 252 g/mol. The van der Waals surface area contributed by atoms with Gasteiger partial charge in [0.1, 0.15) is 11.6 Å². The van der Waals surface area contributed by atoms with Gasteiger partial charge in [0.05, 0.1) is 18.2 Å². The third-order valence-electron chi connectivity index (χ3n) is 3.19. The van der Waals surface area contributed by atoms with E-state index in [0.717, 1.165) is 31.6 Å². The number of hydrogen-bond acceptors (Lipinski definition) is 3. The van der Waals surface area contributed by atoms with Crippen LogP contribution in [0.25, 0.3) is 0 Å². The number of carbonyl (C=O) groups excluding carboxylic acids is 1. The lowest BCUT2D eigenvalue weighted by molar-refractivity contribution is 0.0737. The summed E-state index contributed by atoms with van der Waals surface area (Å²) in [6.07, 6.45) is 2.10. The van der Waals surface area contributed by atoms with Crippen LogP contribution >= 0.6 is 0 Å². The predicted octanol–water partition coefficient (Wildman–Crippen LogP) is 2.26. The Morgan fingerprint density at radius 1 is 1.42 bits per heavy atom. The van der Waals surface area contributed by atoms with Crippen molar-refractivity contribution in [1.29, 1.82) is 0 Å². The fourth-order valence-corrected chi connectivity index (χ4v) is 2.29. The van der Waals surface area contributed by atoms with E-state index in [1.165, 1.54) is 6.07 Å². The molecule has 0 aromatic heterocycles. The molecule has 0 saturated carbocycles. The first kappa shape index (κ1) is 14.1. The van der Waals surface area contributed by atoms with Gasteiger partial charge in [-0.2, -0.15) is 0 Å². The maximum absolute atomic E-state index is 13.5. The fraction of sp³-hybridized carbons (Fsp3) is 0.500. The molecule has 1 unspecified atom stereocenters. The zero-order chi connectivity index (χ0) is 13.8. The molecule has 1 fully saturated rings. The molecule has 1 saturated heterocycles. The number of rotatable bonds is 5. The van der Waals surface area contributed by atoms with Crippen LogP contribution in [0.3, 0.4) is 0 Å². The molecule has 3 nitrogen and oxygen atoms in total. The maximum Gasteiger partial charge on any atom is 0.182 e. The summed E-state index contributed by atoms with van der Waals surface area (Å²) < 4.78 is 32.4. The van der Waals surface area contributed by atoms with E-state index < -0.39 is 23.0 Å². The molecule has 0 bridgehead atoms. The summed E-state index contributed by atoms with van der Waals surface area (Å²) in [6.45, 7) is 1.33. The van der Waals surface area contributed by atoms with Crippen molar-refractivity contribution in [2.75, 3.05) is 26.7 Å². The average molecular weight is 269 g/mol. The van der Waals surface area contributed by atoms with Crippen molar-refractivity contribution >= 4 is 5.78 Å². The number of hydrogen-bond donors (Lipinski definition) is 0. The minimum absolute atomic E-state index is 0.0162. The number of carbonyl (C=O) groups is 1. The number of nitrogens with zero attached hydrogens (tertiary/aromatic N) is 1. The smallest absolute Gasteiger partial charge is 0.182 e. The second-order valence-corrected chi connectivity index (χ2v) is 4.85. The van der Waals surface area contributed by atoms with Crippen LogP contribution < -0.4 is 0 Å². The summed E-state index contributed by atoms with van der Waals surface area (Å²) in [5.41, 5.74) is -0.457. The van der Waals surface area contributed by atoms with E-state index in [1.807, 2.05) is 0 Å². The molecule has 0 amide bonds. The number of Topliss-reactive ketones (excluding diaryl/α,β-unsaturated/α-hetero) is 1. The van der Waals surface area contributed by atoms with Crippen LogP contribution in [0.4, 0.5) is 8.78 Å². The van der Waals surface area contributed by atoms with Crippen molar-refractivity contribution in [3.8, 4) is 0 Å². The topological polar surface area (TPSA) is 29.5 Å². The Labute approximate surface area is 111 Å². The van der Waals surface area contributed by atoms with Crippen molar-refractivity contribution in [3.05, 3.63) is 35.4 Å². The van der Waals surface area contributed by atoms with E-state index >= 15 is 0 Å². The van der Waals surface area contributed by atoms with Gasteiger partial charge in [-0.05, 0) is 32.0 Å². The Morgan fingerprint density at radius 3 is 2.68 bits per heavy atom. The molecular formula is C14H17F2NO2. The minimum Gasteiger partial charge on any atom is -0.377 e. The molecule has 104 valence electrons. The molecule has 19 heavy (non-hydrogen) atoms. The molecule has 1 aromatic carbocycles. The Morgan fingerprint density at radius 2 is 2.11 bits per heavy atom. The Kier molecular flexibility index (Phi) is 4.61. The first-order chi connectivity index (χ1) is 9.08. The van der Waals surface area contributed by atoms with Gasteiger partial charge in [-0.1, -0.05) is 6.07 Å². The van der Waals surface area contributed by atoms with Gasteiger partial charge in [0, 0.05) is 13.2 Å². The van der Waals surface area contributed by atoms with E-state index in [9.17, 15) is 13.6 Å². The lowest BCUT2D eigenvalue weighted by Gasteiger charge is -2.19. The largest absolute Gasteiger partial charge is 0.377 e. The third-order valence-corrected chi connectivity index (χ3v) is 3.19. The number of benzene rings is 1. The molecule has 2 rings (SSSR count). The van der Waals surface area contributed by atoms with Gasteiger partial charge in [0.25, 0.3) is 0 Å². The van der Waals surface area contributed by atoms with Crippen molar-refractivity contribution in [2.45, 2.75) is 18.9 Å². The predicted molar refractivity (Wildman–Crippen MR) is 67.2 cm³/mol. The highest BCUT2D eigenvalue weighted by Crippen LogP contribution is 2.15. The summed E-state index contributed by atoms with van der Waals surface area (Å²) in [6, 6.07) is 3.43. The number of likely N-dealkylation sites (N-methyl/N-ethyl adjacent to an activating group) is 1. The second kappa shape index (κ2) is 6.21. The van der Waals surface area contributed by atoms with E-state index in [-0.39, 0.29) is 12.6 Å². The van der Waals surface area contributed by atoms with Gasteiger partial charge < -0.3 is 4.74 Å². The Balaban J connectivity index is 1.96. The van der Waals surface area contributed by atoms with E-state index in [2.05, 4.69) is 0 Å². The number of ether oxygens (including phenoxy) is 1. The summed E-state index contributed by atoms with van der Waals surface area (Å²) in [5.74, 6) is -2.16. The third kappa shape index (κ3) is 3.58. The van der Waals surface area contributed by atoms with Gasteiger partial charge >= 0.3 is 0 Å². The van der Waals surface area contributed by atoms with Crippen molar-refractivity contribution in [3.63, 3.8) is 0 Å². The zero-order valence-corrected chi connectivity index (χ0v) is 10.9. The first-order valence-corrected chi connectivity index (χ1v) is 6.35. The summed E-state index contributed by atoms with van der Waals surface area (Å²) in [5, 5.41) is 0. The van der Waals surface area contributed by atoms with Crippen LogP contribution in [0.5, 0.6) is 0 Å². The highest BCUT2D eigenvalue weighted by atomic mass is 19.1. The minimum atomic E-state index is -0.810. The second-order valence-electron chi connectivity index (χ2n) is 4.85. The standard InChI is InChI=1S/C14H17F2NO2/c1-17(8-10-4-3-7-19-10)9-13(18)14-11(15)5-2-6-12(14)16/h2,5-6,10H,3-4,7-9H2,1H3. The molecule has 1 aromatic rings. The van der Waals surface area contributed by atoms with Gasteiger partial charge in [0.15, 0.2) is 5.78 Å². The van der Waals surface area contributed by atoms with Crippen LogP contribution in [0.1, 0.15) is 23.2 Å². The van der Waals surface area contributed by atoms with E-state index in [0.29, 0.717) is 6.54 Å². The highest BCUT2D eigenvalue weighted by molar-refractivity contribution is 5.98. The molecule has 0 spiro atoms. The normalized spacial score (nSPS) is 19.1. The van der Waals surface area contributed by atoms with Gasteiger partial charge in [-0.15, -0.1) is 0 Å². The Hall–Kier alpha value is -1.33. The molecule has 1 aliphatic rings. The summed E-state index contributed by atoms with van der Waals surface area (Å²) in [7, 11) is 1.75. The van der Waals surface area contributed by atoms with Crippen LogP contribution in [-0.2, 0) is 4.74 Å². The summed E-state index contributed by atoms with van der Waals surface area (Å²) >= 11 is 0. The SMILES string of the molecule is CN(CC(=O)c1c(F)cccc1F)CC1CCCO1. The molecule has 0 radical (unpaired) electrons. The van der Waals surface area contributed by atoms with Gasteiger partial charge in [0.2, 0.25) is 0 Å². The quantitative estimate of drug-likeness (QED) is 0.768. The summed E-state index contributed by atoms with van der Waals surface area (Å²) in [4.78, 5) is 13.6. The van der Waals surface area contributed by atoms with Crippen molar-refractivity contribution in [2.24, 2.45) is 0 Å². The molecule has 1 atom stereocenters. The van der Waals surface area contributed by atoms with Crippen LogP contribution in [0.15, 0.2) is 18.2 Å². The van der Waals surface area contributed by atoms with Crippen LogP contribution in [0.2, 0.25) is 0 Å². The van der Waals surface area contributed by atoms with Crippen molar-refractivity contribution in [1.82, 2.24) is 4.90 Å². The fourth-order valence-electron chi connectivity index (χ4n) is 2.29. The Bertz CT molecular complexity index is 439. The van der Waals surface area contributed by atoms with Gasteiger partial charge in [-0.25, -0.2) is 8.78 Å². The molecule has 1 aliphatic heterocycles. The maximum atomic E-state index is 13.5. The lowest BCUT2D eigenvalue weighted by Crippen LogP contribution is -2.33. The monoisotopic (exact) mass is 269 g/mol. The lowest BCUT2D eigenvalue weighted by atomic mass is 10.1. The van der Waals surface area contributed by atoms with Crippen LogP contribution in [-0.4, -0.2) is 43.5 Å². The number of halogens is 2. The van der Waals surface area contributed by atoms with E-state index in [1.54, 1.807) is 11.9 Å². The van der Waals surface area contributed by atoms with Gasteiger partial charge in [-0.3, -0.25) is 9.69 Å². The molecule has 0 aliphatic carbocycles. The molecule has 5 heteroatoms. The first-order valence-electron chi connectivity index (χ1n) is 6.35. The highest BCUT2D eigenvalue weighted by Gasteiger charge is 2.21.